The average molecular weight is 322 g/mol. The second kappa shape index (κ2) is 5.40. The Hall–Kier alpha value is -2.77. The van der Waals surface area contributed by atoms with Gasteiger partial charge in [-0.25, -0.2) is 4.68 Å². The lowest BCUT2D eigenvalue weighted by Crippen LogP contribution is -2.10. The molecule has 1 aromatic carbocycles. The Morgan fingerprint density at radius 1 is 1.04 bits per heavy atom. The highest BCUT2D eigenvalue weighted by Crippen LogP contribution is 2.44. The summed E-state index contributed by atoms with van der Waals surface area (Å²) in [5.41, 5.74) is 1.98. The van der Waals surface area contributed by atoms with Gasteiger partial charge < -0.3 is 9.88 Å². The van der Waals surface area contributed by atoms with Gasteiger partial charge in [-0.1, -0.05) is 0 Å². The number of tetrazole rings is 1. The van der Waals surface area contributed by atoms with Crippen LogP contribution in [0.2, 0.25) is 0 Å². The summed E-state index contributed by atoms with van der Waals surface area (Å²) in [4.78, 5) is 0. The fraction of sp³-hybridized carbons (Fsp3) is 0.438. The van der Waals surface area contributed by atoms with Crippen LogP contribution in [-0.2, 0) is 6.54 Å². The van der Waals surface area contributed by atoms with E-state index in [2.05, 4.69) is 35.6 Å². The molecule has 3 aromatic rings. The Morgan fingerprint density at radius 2 is 1.88 bits per heavy atom. The molecule has 2 aliphatic rings. The molecule has 2 aromatic heterocycles. The van der Waals surface area contributed by atoms with Crippen molar-refractivity contribution in [1.29, 1.82) is 0 Å². The van der Waals surface area contributed by atoms with Gasteiger partial charge in [0.05, 0.1) is 12.2 Å². The molecule has 122 valence electrons. The second-order valence-electron chi connectivity index (χ2n) is 6.50. The number of hydrogen-bond donors (Lipinski definition) is 1. The number of benzene rings is 1. The van der Waals surface area contributed by atoms with Gasteiger partial charge in [-0.05, 0) is 60.4 Å². The monoisotopic (exact) mass is 322 g/mol. The van der Waals surface area contributed by atoms with E-state index in [1.165, 1.54) is 31.5 Å². The molecule has 24 heavy (non-hydrogen) atoms. The molecule has 2 heterocycles. The number of rotatable bonds is 6. The molecule has 0 atom stereocenters. The first-order valence-corrected chi connectivity index (χ1v) is 8.39. The maximum Gasteiger partial charge on any atom is 0.152 e. The highest BCUT2D eigenvalue weighted by Gasteiger charge is 2.36. The molecule has 2 aliphatic carbocycles. The van der Waals surface area contributed by atoms with Crippen LogP contribution < -0.4 is 5.32 Å². The molecule has 0 saturated heterocycles. The lowest BCUT2D eigenvalue weighted by atomic mass is 10.3. The minimum absolute atomic E-state index is 0.620. The van der Waals surface area contributed by atoms with Crippen LogP contribution in [-0.4, -0.2) is 35.0 Å². The van der Waals surface area contributed by atoms with Crippen LogP contribution in [0.3, 0.4) is 0 Å². The van der Waals surface area contributed by atoms with Crippen LogP contribution in [0.15, 0.2) is 30.6 Å². The van der Waals surface area contributed by atoms with Crippen molar-refractivity contribution in [3.8, 4) is 5.69 Å². The summed E-state index contributed by atoms with van der Waals surface area (Å²) >= 11 is 0. The van der Waals surface area contributed by atoms with Gasteiger partial charge in [-0.3, -0.25) is 0 Å². The molecule has 5 rings (SSSR count). The van der Waals surface area contributed by atoms with Gasteiger partial charge in [0, 0.05) is 17.6 Å². The van der Waals surface area contributed by atoms with Gasteiger partial charge >= 0.3 is 0 Å². The van der Waals surface area contributed by atoms with Gasteiger partial charge in [0.2, 0.25) is 0 Å². The van der Waals surface area contributed by atoms with Crippen LogP contribution in [0.1, 0.15) is 49.3 Å². The highest BCUT2D eigenvalue weighted by molar-refractivity contribution is 5.48. The van der Waals surface area contributed by atoms with Crippen LogP contribution in [0.5, 0.6) is 0 Å². The molecule has 0 unspecified atom stereocenters. The Kier molecular flexibility index (Phi) is 3.07. The number of nitrogens with one attached hydrogen (secondary N) is 1. The normalized spacial score (nSPS) is 17.2. The van der Waals surface area contributed by atoms with E-state index in [0.717, 1.165) is 17.2 Å². The lowest BCUT2D eigenvalue weighted by molar-refractivity contribution is 0.650. The van der Waals surface area contributed by atoms with Crippen molar-refractivity contribution in [2.45, 2.75) is 44.2 Å². The number of anilines is 1. The molecule has 2 saturated carbocycles. The zero-order valence-electron chi connectivity index (χ0n) is 13.2. The molecule has 0 aliphatic heterocycles. The van der Waals surface area contributed by atoms with Gasteiger partial charge in [-0.2, -0.15) is 0 Å². The van der Waals surface area contributed by atoms with E-state index in [4.69, 9.17) is 0 Å². The Morgan fingerprint density at radius 3 is 2.54 bits per heavy atom. The molecule has 0 bridgehead atoms. The minimum Gasteiger partial charge on any atom is -0.378 e. The molecule has 0 spiro atoms. The molecule has 2 fully saturated rings. The second-order valence-corrected chi connectivity index (χ2v) is 6.50. The van der Waals surface area contributed by atoms with Crippen molar-refractivity contribution in [2.24, 2.45) is 0 Å². The summed E-state index contributed by atoms with van der Waals surface area (Å²) < 4.78 is 4.01. The van der Waals surface area contributed by atoms with E-state index in [1.807, 2.05) is 24.3 Å². The van der Waals surface area contributed by atoms with Crippen LogP contribution in [0, 0.1) is 0 Å². The third-order valence-electron chi connectivity index (χ3n) is 4.58. The molecule has 8 heteroatoms. The third-order valence-corrected chi connectivity index (χ3v) is 4.58. The van der Waals surface area contributed by atoms with Crippen molar-refractivity contribution in [3.05, 3.63) is 42.2 Å². The fourth-order valence-electron chi connectivity index (χ4n) is 3.00. The fourth-order valence-corrected chi connectivity index (χ4v) is 3.00. The maximum atomic E-state index is 4.45. The number of nitrogens with zero attached hydrogens (tertiary/aromatic N) is 7. The smallest absolute Gasteiger partial charge is 0.152 e. The van der Waals surface area contributed by atoms with E-state index in [-0.39, 0.29) is 0 Å². The van der Waals surface area contributed by atoms with E-state index < -0.39 is 0 Å². The van der Waals surface area contributed by atoms with Crippen molar-refractivity contribution in [1.82, 2.24) is 35.0 Å². The molecular formula is C16H18N8. The maximum absolute atomic E-state index is 4.45. The molecule has 0 amide bonds. The number of hydrogen-bond acceptors (Lipinski definition) is 6. The zero-order chi connectivity index (χ0) is 15.9. The Balaban J connectivity index is 1.31. The Labute approximate surface area is 138 Å². The predicted molar refractivity (Wildman–Crippen MR) is 86.7 cm³/mol. The minimum atomic E-state index is 0.620. The van der Waals surface area contributed by atoms with Crippen molar-refractivity contribution >= 4 is 5.69 Å². The van der Waals surface area contributed by atoms with Gasteiger partial charge in [0.1, 0.15) is 12.2 Å². The molecule has 0 radical (unpaired) electrons. The van der Waals surface area contributed by atoms with E-state index >= 15 is 0 Å². The standard InChI is InChI=1S/C16H18N8/c1-2-11(1)16-20-19-15(24(16)14-7-8-14)9-17-12-3-5-13(6-4-12)23-10-18-21-22-23/h3-6,10-11,14,17H,1-2,7-9H2. The van der Waals surface area contributed by atoms with Gasteiger partial charge in [0.15, 0.2) is 5.82 Å². The quantitative estimate of drug-likeness (QED) is 0.748. The van der Waals surface area contributed by atoms with Crippen LogP contribution in [0.4, 0.5) is 5.69 Å². The summed E-state index contributed by atoms with van der Waals surface area (Å²) in [5, 5.41) is 23.5. The van der Waals surface area contributed by atoms with E-state index in [0.29, 0.717) is 18.5 Å². The SMILES string of the molecule is c1cc(-n2cnnn2)ccc1NCc1nnc(C2CC2)n1C1CC1. The number of aromatic nitrogens is 7. The summed E-state index contributed by atoms with van der Waals surface area (Å²) in [7, 11) is 0. The average Bonchev–Trinajstić information content (AvgIpc) is 3.55. The molecule has 8 nitrogen and oxygen atoms in total. The van der Waals surface area contributed by atoms with Crippen LogP contribution in [0.25, 0.3) is 5.69 Å². The highest BCUT2D eigenvalue weighted by atomic mass is 15.5. The van der Waals surface area contributed by atoms with E-state index in [1.54, 1.807) is 11.0 Å². The van der Waals surface area contributed by atoms with Crippen molar-refractivity contribution in [2.75, 3.05) is 5.32 Å². The van der Waals surface area contributed by atoms with Gasteiger partial charge in [-0.15, -0.1) is 15.3 Å². The van der Waals surface area contributed by atoms with Gasteiger partial charge in [0.25, 0.3) is 0 Å². The summed E-state index contributed by atoms with van der Waals surface area (Å²) in [5.74, 6) is 2.88. The first kappa shape index (κ1) is 13.6. The largest absolute Gasteiger partial charge is 0.378 e. The summed E-state index contributed by atoms with van der Waals surface area (Å²) in [6, 6.07) is 8.64. The first-order valence-electron chi connectivity index (χ1n) is 8.39. The zero-order valence-corrected chi connectivity index (χ0v) is 13.2. The third kappa shape index (κ3) is 2.53. The van der Waals surface area contributed by atoms with Crippen molar-refractivity contribution < 1.29 is 0 Å². The lowest BCUT2D eigenvalue weighted by Gasteiger charge is -2.10. The summed E-state index contributed by atoms with van der Waals surface area (Å²) in [6.45, 7) is 0.695. The Bertz CT molecular complexity index is 828. The topological polar surface area (TPSA) is 86.3 Å². The predicted octanol–water partition coefficient (Wildman–Crippen LogP) is 2.08. The summed E-state index contributed by atoms with van der Waals surface area (Å²) in [6.07, 6.45) is 6.62. The van der Waals surface area contributed by atoms with Crippen molar-refractivity contribution in [3.63, 3.8) is 0 Å². The molecular weight excluding hydrogens is 304 g/mol. The van der Waals surface area contributed by atoms with E-state index in [9.17, 15) is 0 Å². The van der Waals surface area contributed by atoms with Crippen LogP contribution >= 0.6 is 0 Å². The first-order chi connectivity index (χ1) is 11.9. The molecule has 1 N–H and O–H groups in total.